The van der Waals surface area contributed by atoms with Crippen molar-refractivity contribution in [3.05, 3.63) is 60.1 Å². The monoisotopic (exact) mass is 459 g/mol. The predicted octanol–water partition coefficient (Wildman–Crippen LogP) is 2.63. The molecule has 0 aliphatic carbocycles. The van der Waals surface area contributed by atoms with Crippen molar-refractivity contribution in [3.63, 3.8) is 0 Å². The van der Waals surface area contributed by atoms with Crippen LogP contribution in [0.15, 0.2) is 48.9 Å². The maximum absolute atomic E-state index is 13.5. The number of nitrogens with zero attached hydrogens (tertiary/aromatic N) is 5. The lowest BCUT2D eigenvalue weighted by Crippen LogP contribution is -2.61. The van der Waals surface area contributed by atoms with Crippen molar-refractivity contribution in [1.29, 1.82) is 0 Å². The van der Waals surface area contributed by atoms with Crippen molar-refractivity contribution in [2.24, 2.45) is 0 Å². The smallest absolute Gasteiger partial charge is 0.247 e. The van der Waals surface area contributed by atoms with E-state index in [0.717, 1.165) is 28.5 Å². The molecule has 176 valence electrons. The topological polar surface area (TPSA) is 131 Å². The van der Waals surface area contributed by atoms with E-state index in [-0.39, 0.29) is 17.9 Å². The van der Waals surface area contributed by atoms with Gasteiger partial charge in [-0.05, 0) is 54.8 Å². The van der Waals surface area contributed by atoms with Crippen molar-refractivity contribution >= 4 is 40.4 Å². The fourth-order valence-electron chi connectivity index (χ4n) is 4.28. The summed E-state index contributed by atoms with van der Waals surface area (Å²) in [7, 11) is 0. The average molecular weight is 460 g/mol. The third-order valence-corrected chi connectivity index (χ3v) is 6.09. The Morgan fingerprint density at radius 1 is 1.18 bits per heavy atom. The molecule has 4 rings (SSSR count). The predicted molar refractivity (Wildman–Crippen MR) is 132 cm³/mol. The molecule has 3 heterocycles. The molecule has 1 aliphatic heterocycles. The Morgan fingerprint density at radius 3 is 2.74 bits per heavy atom. The molecule has 2 amide bonds. The Kier molecular flexibility index (Phi) is 6.72. The minimum atomic E-state index is -0.499. The van der Waals surface area contributed by atoms with Crippen molar-refractivity contribution in [3.8, 4) is 0 Å². The number of fused-ring (bicyclic) bond motifs is 1. The molecule has 34 heavy (non-hydrogen) atoms. The molecule has 4 N–H and O–H groups in total. The van der Waals surface area contributed by atoms with E-state index in [0.29, 0.717) is 31.1 Å². The zero-order valence-corrected chi connectivity index (χ0v) is 19.4. The van der Waals surface area contributed by atoms with Gasteiger partial charge in [-0.3, -0.25) is 9.59 Å². The minimum absolute atomic E-state index is 0.0428. The Labute approximate surface area is 198 Å². The molecule has 1 fully saturated rings. The van der Waals surface area contributed by atoms with Crippen molar-refractivity contribution in [1.82, 2.24) is 24.8 Å². The van der Waals surface area contributed by atoms with Gasteiger partial charge in [0.25, 0.3) is 0 Å². The van der Waals surface area contributed by atoms with Crippen LogP contribution < -0.4 is 11.5 Å². The van der Waals surface area contributed by atoms with Crippen molar-refractivity contribution in [2.45, 2.75) is 45.3 Å². The number of amides is 2. The molecule has 0 saturated carbocycles. The van der Waals surface area contributed by atoms with E-state index in [1.165, 1.54) is 12.4 Å². The molecule has 1 aromatic carbocycles. The van der Waals surface area contributed by atoms with Gasteiger partial charge in [0.2, 0.25) is 11.8 Å². The van der Waals surface area contributed by atoms with Gasteiger partial charge >= 0.3 is 0 Å². The lowest BCUT2D eigenvalue weighted by molar-refractivity contribution is -0.153. The van der Waals surface area contributed by atoms with Crippen LogP contribution in [0.3, 0.4) is 0 Å². The lowest BCUT2D eigenvalue weighted by atomic mass is 10.0. The number of nitrogens with two attached hydrogens (primary N) is 2. The largest absolute Gasteiger partial charge is 0.384 e. The molecule has 2 atom stereocenters. The van der Waals surface area contributed by atoms with Gasteiger partial charge in [0.05, 0.1) is 5.52 Å². The molecular formula is C25H29N7O2. The summed E-state index contributed by atoms with van der Waals surface area (Å²) < 4.78 is 0. The summed E-state index contributed by atoms with van der Waals surface area (Å²) in [5.74, 6) is 0.620. The highest BCUT2D eigenvalue weighted by molar-refractivity contribution is 5.96. The second kappa shape index (κ2) is 9.86. The molecule has 1 aliphatic rings. The van der Waals surface area contributed by atoms with Crippen LogP contribution in [0.1, 0.15) is 37.8 Å². The van der Waals surface area contributed by atoms with Gasteiger partial charge in [-0.25, -0.2) is 15.0 Å². The van der Waals surface area contributed by atoms with Gasteiger partial charge in [-0.15, -0.1) is 0 Å². The van der Waals surface area contributed by atoms with Crippen LogP contribution >= 0.6 is 0 Å². The van der Waals surface area contributed by atoms with E-state index in [4.69, 9.17) is 11.5 Å². The summed E-state index contributed by atoms with van der Waals surface area (Å²) in [4.78, 5) is 42.5. The number of benzene rings is 1. The van der Waals surface area contributed by atoms with Gasteiger partial charge in [-0.1, -0.05) is 19.4 Å². The summed E-state index contributed by atoms with van der Waals surface area (Å²) in [6.45, 7) is 4.88. The summed E-state index contributed by atoms with van der Waals surface area (Å²) in [5.41, 5.74) is 14.0. The van der Waals surface area contributed by atoms with Gasteiger partial charge in [-0.2, -0.15) is 0 Å². The zero-order valence-electron chi connectivity index (χ0n) is 19.4. The average Bonchev–Trinajstić information content (AvgIpc) is 2.83. The number of piperazine rings is 1. The molecule has 0 bridgehead atoms. The molecule has 9 nitrogen and oxygen atoms in total. The Morgan fingerprint density at radius 2 is 2.00 bits per heavy atom. The lowest BCUT2D eigenvalue weighted by Gasteiger charge is -2.44. The Hall–Kier alpha value is -4.01. The normalized spacial score (nSPS) is 18.7. The second-order valence-corrected chi connectivity index (χ2v) is 8.57. The summed E-state index contributed by atoms with van der Waals surface area (Å²) in [6, 6.07) is 8.60. The first-order chi connectivity index (χ1) is 16.4. The third kappa shape index (κ3) is 4.83. The number of hydrogen-bond donors (Lipinski definition) is 2. The SMILES string of the molecule is CCC[C@@H]1C(=O)N(Cc2ccc3c(N)ncnc3c2)[C@@H](C)CN1C(=O)C=Cc1ccc(N)nc1. The number of nitrogen functional groups attached to an aromatic ring is 2. The number of rotatable bonds is 6. The fourth-order valence-corrected chi connectivity index (χ4v) is 4.28. The molecule has 2 aromatic heterocycles. The molecular weight excluding hydrogens is 430 g/mol. The highest BCUT2D eigenvalue weighted by Gasteiger charge is 2.39. The summed E-state index contributed by atoms with van der Waals surface area (Å²) >= 11 is 0. The zero-order chi connectivity index (χ0) is 24.2. The number of carbonyl (C=O) groups is 2. The number of carbonyl (C=O) groups excluding carboxylic acids is 2. The maximum Gasteiger partial charge on any atom is 0.247 e. The van der Waals surface area contributed by atoms with E-state index in [2.05, 4.69) is 15.0 Å². The highest BCUT2D eigenvalue weighted by atomic mass is 16.2. The molecule has 0 unspecified atom stereocenters. The van der Waals surface area contributed by atoms with Crippen LogP contribution in [0.25, 0.3) is 17.0 Å². The van der Waals surface area contributed by atoms with Crippen LogP contribution in [0.2, 0.25) is 0 Å². The van der Waals surface area contributed by atoms with E-state index in [1.54, 1.807) is 29.3 Å². The molecule has 0 radical (unpaired) electrons. The Balaban J connectivity index is 1.52. The Bertz CT molecular complexity index is 1230. The van der Waals surface area contributed by atoms with Crippen LogP contribution in [0.4, 0.5) is 11.6 Å². The molecule has 9 heteroatoms. The number of aromatic nitrogens is 3. The number of hydrogen-bond acceptors (Lipinski definition) is 7. The van der Waals surface area contributed by atoms with Crippen LogP contribution in [0.5, 0.6) is 0 Å². The van der Waals surface area contributed by atoms with E-state index >= 15 is 0 Å². The quantitative estimate of drug-likeness (QED) is 0.542. The van der Waals surface area contributed by atoms with Gasteiger partial charge in [0.15, 0.2) is 0 Å². The van der Waals surface area contributed by atoms with E-state index in [1.807, 2.05) is 36.9 Å². The number of pyridine rings is 1. The first-order valence-electron chi connectivity index (χ1n) is 11.4. The highest BCUT2D eigenvalue weighted by Crippen LogP contribution is 2.25. The third-order valence-electron chi connectivity index (χ3n) is 6.09. The fraction of sp³-hybridized carbons (Fsp3) is 0.320. The molecule has 3 aromatic rings. The van der Waals surface area contributed by atoms with E-state index in [9.17, 15) is 9.59 Å². The maximum atomic E-state index is 13.5. The van der Waals surface area contributed by atoms with Crippen molar-refractivity contribution in [2.75, 3.05) is 18.0 Å². The van der Waals surface area contributed by atoms with Gasteiger partial charge in [0, 0.05) is 36.8 Å². The summed E-state index contributed by atoms with van der Waals surface area (Å²) in [5, 5.41) is 0.785. The van der Waals surface area contributed by atoms with Crippen LogP contribution in [0, 0.1) is 0 Å². The van der Waals surface area contributed by atoms with Crippen LogP contribution in [-0.4, -0.2) is 55.2 Å². The summed E-state index contributed by atoms with van der Waals surface area (Å²) in [6.07, 6.45) is 7.63. The first-order valence-corrected chi connectivity index (χ1v) is 11.4. The first kappa shape index (κ1) is 23.2. The van der Waals surface area contributed by atoms with Crippen LogP contribution in [-0.2, 0) is 16.1 Å². The minimum Gasteiger partial charge on any atom is -0.384 e. The van der Waals surface area contributed by atoms with Gasteiger partial charge < -0.3 is 21.3 Å². The second-order valence-electron chi connectivity index (χ2n) is 8.57. The molecule has 1 saturated heterocycles. The van der Waals surface area contributed by atoms with Gasteiger partial charge in [0.1, 0.15) is 24.0 Å². The molecule has 0 spiro atoms. The number of anilines is 2. The van der Waals surface area contributed by atoms with E-state index < -0.39 is 6.04 Å². The standard InChI is InChI=1S/C25H29N7O2/c1-3-4-21-25(34)31(14-18-5-8-19-20(11-18)29-15-30-24(19)27)16(2)13-32(21)23(33)10-7-17-6-9-22(26)28-12-17/h5-12,15-16,21H,3-4,13-14H2,1-2H3,(H2,26,28)(H2,27,29,30)/t16-,21+/m0/s1. The van der Waals surface area contributed by atoms with Crippen molar-refractivity contribution < 1.29 is 9.59 Å².